The molecular weight excluding hydrogens is 244 g/mol. The Bertz CT molecular complexity index is 460. The predicted molar refractivity (Wildman–Crippen MR) is 74.5 cm³/mol. The van der Waals surface area contributed by atoms with Crippen LogP contribution in [0.25, 0.3) is 0 Å². The Balaban J connectivity index is 3.64. The molecule has 0 fully saturated rings. The van der Waals surface area contributed by atoms with E-state index in [4.69, 9.17) is 9.47 Å². The molecule has 1 aromatic carbocycles. The van der Waals surface area contributed by atoms with Gasteiger partial charge < -0.3 is 14.6 Å². The molecule has 0 radical (unpaired) electrons. The Hall–Kier alpha value is -1.71. The van der Waals surface area contributed by atoms with Crippen molar-refractivity contribution in [2.75, 3.05) is 14.2 Å². The molecular formula is C15H22O4. The zero-order valence-electron chi connectivity index (χ0n) is 12.5. The van der Waals surface area contributed by atoms with Gasteiger partial charge in [-0.15, -0.1) is 0 Å². The molecule has 106 valence electrons. The van der Waals surface area contributed by atoms with E-state index in [9.17, 15) is 9.90 Å². The summed E-state index contributed by atoms with van der Waals surface area (Å²) in [5.41, 5.74) is 1.55. The largest absolute Gasteiger partial charge is 0.507 e. The fraction of sp³-hybridized carbons (Fsp3) is 0.533. The van der Waals surface area contributed by atoms with Crippen LogP contribution in [-0.2, 0) is 0 Å². The summed E-state index contributed by atoms with van der Waals surface area (Å²) < 4.78 is 10.6. The third-order valence-corrected chi connectivity index (χ3v) is 3.56. The van der Waals surface area contributed by atoms with Crippen LogP contribution in [0.3, 0.4) is 0 Å². The number of hydrogen-bond donors (Lipinski definition) is 1. The van der Waals surface area contributed by atoms with Gasteiger partial charge in [0, 0.05) is 17.0 Å². The number of ether oxygens (including phenoxy) is 2. The summed E-state index contributed by atoms with van der Waals surface area (Å²) in [7, 11) is 2.98. The van der Waals surface area contributed by atoms with Gasteiger partial charge in [-0.1, -0.05) is 13.8 Å². The van der Waals surface area contributed by atoms with E-state index in [2.05, 4.69) is 0 Å². The van der Waals surface area contributed by atoms with Crippen molar-refractivity contribution in [3.63, 3.8) is 0 Å². The van der Waals surface area contributed by atoms with Crippen molar-refractivity contribution in [1.29, 1.82) is 0 Å². The fourth-order valence-electron chi connectivity index (χ4n) is 2.14. The van der Waals surface area contributed by atoms with Crippen LogP contribution in [-0.4, -0.2) is 25.1 Å². The van der Waals surface area contributed by atoms with E-state index in [1.807, 2.05) is 13.8 Å². The zero-order valence-corrected chi connectivity index (χ0v) is 12.5. The van der Waals surface area contributed by atoms with E-state index in [-0.39, 0.29) is 17.5 Å². The summed E-state index contributed by atoms with van der Waals surface area (Å²) in [5.74, 6) is 0.749. The second kappa shape index (κ2) is 5.95. The Kier molecular flexibility index (Phi) is 4.81. The van der Waals surface area contributed by atoms with Crippen molar-refractivity contribution in [2.24, 2.45) is 5.92 Å². The van der Waals surface area contributed by atoms with E-state index in [0.29, 0.717) is 28.2 Å². The normalized spacial score (nSPS) is 12.1. The molecule has 4 nitrogen and oxygen atoms in total. The molecule has 0 aliphatic carbocycles. The number of rotatable bonds is 5. The molecule has 0 heterocycles. The first-order chi connectivity index (χ1) is 8.90. The van der Waals surface area contributed by atoms with Crippen LogP contribution < -0.4 is 9.47 Å². The number of carbonyl (C=O) groups excluding carboxylic acids is 1. The minimum Gasteiger partial charge on any atom is -0.507 e. The highest BCUT2D eigenvalue weighted by molar-refractivity contribution is 6.04. The Labute approximate surface area is 114 Å². The maximum absolute atomic E-state index is 12.5. The van der Waals surface area contributed by atoms with E-state index < -0.39 is 0 Å². The lowest BCUT2D eigenvalue weighted by atomic mass is 9.92. The van der Waals surface area contributed by atoms with Gasteiger partial charge in [0.1, 0.15) is 22.8 Å². The summed E-state index contributed by atoms with van der Waals surface area (Å²) in [4.78, 5) is 12.5. The van der Waals surface area contributed by atoms with Crippen molar-refractivity contribution < 1.29 is 19.4 Å². The summed E-state index contributed by atoms with van der Waals surface area (Å²) in [6, 6.07) is 0. The standard InChI is InChI=1S/C15H22O4/c1-7-8(2)12(16)11-14(18-5)9(3)13(17)10(4)15(11)19-6/h8,17H,7H2,1-6H3/t8-/m1/s1. The van der Waals surface area contributed by atoms with Gasteiger partial charge in [-0.25, -0.2) is 0 Å². The molecule has 0 aromatic heterocycles. The van der Waals surface area contributed by atoms with Crippen LogP contribution in [0.4, 0.5) is 0 Å². The third kappa shape index (κ3) is 2.53. The van der Waals surface area contributed by atoms with Crippen molar-refractivity contribution >= 4 is 5.78 Å². The first-order valence-corrected chi connectivity index (χ1v) is 6.38. The number of ketones is 1. The number of carbonyl (C=O) groups is 1. The monoisotopic (exact) mass is 266 g/mol. The maximum Gasteiger partial charge on any atom is 0.173 e. The number of hydrogen-bond acceptors (Lipinski definition) is 4. The number of aromatic hydroxyl groups is 1. The number of Topliss-reactive ketones (excluding diaryl/α,β-unsaturated/α-hetero) is 1. The average molecular weight is 266 g/mol. The highest BCUT2D eigenvalue weighted by Gasteiger charge is 2.28. The molecule has 19 heavy (non-hydrogen) atoms. The molecule has 1 rings (SSSR count). The number of phenolic OH excluding ortho intramolecular Hbond substituents is 1. The average Bonchev–Trinajstić information content (AvgIpc) is 2.42. The fourth-order valence-corrected chi connectivity index (χ4v) is 2.14. The van der Waals surface area contributed by atoms with Gasteiger partial charge in [-0.3, -0.25) is 4.79 Å². The van der Waals surface area contributed by atoms with Gasteiger partial charge in [0.2, 0.25) is 0 Å². The molecule has 0 aliphatic rings. The second-order valence-corrected chi connectivity index (χ2v) is 4.71. The number of methoxy groups -OCH3 is 2. The summed E-state index contributed by atoms with van der Waals surface area (Å²) in [6.45, 7) is 7.29. The SMILES string of the molecule is CC[C@@H](C)C(=O)c1c(OC)c(C)c(O)c(C)c1OC. The highest BCUT2D eigenvalue weighted by atomic mass is 16.5. The van der Waals surface area contributed by atoms with Crippen molar-refractivity contribution in [1.82, 2.24) is 0 Å². The zero-order chi connectivity index (χ0) is 14.7. The molecule has 0 bridgehead atoms. The van der Waals surface area contributed by atoms with Crippen LogP contribution in [0, 0.1) is 19.8 Å². The van der Waals surface area contributed by atoms with Crippen LogP contribution in [0.2, 0.25) is 0 Å². The van der Waals surface area contributed by atoms with Gasteiger partial charge in [0.05, 0.1) is 14.2 Å². The molecule has 4 heteroatoms. The first-order valence-electron chi connectivity index (χ1n) is 6.38. The minimum absolute atomic E-state index is 0.0256. The van der Waals surface area contributed by atoms with Crippen LogP contribution in [0.5, 0.6) is 17.2 Å². The number of phenols is 1. The van der Waals surface area contributed by atoms with Crippen LogP contribution in [0.15, 0.2) is 0 Å². The van der Waals surface area contributed by atoms with E-state index >= 15 is 0 Å². The van der Waals surface area contributed by atoms with Crippen LogP contribution >= 0.6 is 0 Å². The lowest BCUT2D eigenvalue weighted by Gasteiger charge is -2.20. The van der Waals surface area contributed by atoms with Gasteiger partial charge in [0.15, 0.2) is 5.78 Å². The van der Waals surface area contributed by atoms with Gasteiger partial charge in [0.25, 0.3) is 0 Å². The molecule has 1 atom stereocenters. The molecule has 0 unspecified atom stereocenters. The van der Waals surface area contributed by atoms with E-state index in [0.717, 1.165) is 6.42 Å². The van der Waals surface area contributed by atoms with Gasteiger partial charge >= 0.3 is 0 Å². The van der Waals surface area contributed by atoms with Crippen molar-refractivity contribution in [2.45, 2.75) is 34.1 Å². The Morgan fingerprint density at radius 3 is 1.89 bits per heavy atom. The molecule has 0 spiro atoms. The molecule has 0 saturated carbocycles. The molecule has 1 N–H and O–H groups in total. The van der Waals surface area contributed by atoms with Crippen LogP contribution in [0.1, 0.15) is 41.8 Å². The van der Waals surface area contributed by atoms with E-state index in [1.54, 1.807) is 13.8 Å². The lowest BCUT2D eigenvalue weighted by molar-refractivity contribution is 0.0920. The Morgan fingerprint density at radius 1 is 1.16 bits per heavy atom. The first kappa shape index (κ1) is 15.3. The minimum atomic E-state index is -0.119. The van der Waals surface area contributed by atoms with E-state index in [1.165, 1.54) is 14.2 Å². The summed E-state index contributed by atoms with van der Waals surface area (Å²) in [6.07, 6.45) is 0.740. The summed E-state index contributed by atoms with van der Waals surface area (Å²) in [5, 5.41) is 10.1. The summed E-state index contributed by atoms with van der Waals surface area (Å²) >= 11 is 0. The highest BCUT2D eigenvalue weighted by Crippen LogP contribution is 2.43. The van der Waals surface area contributed by atoms with Crippen molar-refractivity contribution in [3.8, 4) is 17.2 Å². The second-order valence-electron chi connectivity index (χ2n) is 4.71. The molecule has 1 aromatic rings. The van der Waals surface area contributed by atoms with Gasteiger partial charge in [-0.05, 0) is 20.3 Å². The molecule has 0 saturated heterocycles. The smallest absolute Gasteiger partial charge is 0.173 e. The van der Waals surface area contributed by atoms with Gasteiger partial charge in [-0.2, -0.15) is 0 Å². The Morgan fingerprint density at radius 2 is 1.58 bits per heavy atom. The maximum atomic E-state index is 12.5. The molecule has 0 aliphatic heterocycles. The number of benzene rings is 1. The quantitative estimate of drug-likeness (QED) is 0.831. The predicted octanol–water partition coefficient (Wildman–Crippen LogP) is 3.26. The lowest BCUT2D eigenvalue weighted by Crippen LogP contribution is -2.14. The van der Waals surface area contributed by atoms with Crippen molar-refractivity contribution in [3.05, 3.63) is 16.7 Å². The topological polar surface area (TPSA) is 55.8 Å². The third-order valence-electron chi connectivity index (χ3n) is 3.56. The molecule has 0 amide bonds.